The van der Waals surface area contributed by atoms with Crippen molar-refractivity contribution in [2.75, 3.05) is 7.11 Å². The molecule has 0 heterocycles. The number of halogens is 1. The molecule has 0 unspecified atom stereocenters. The van der Waals surface area contributed by atoms with E-state index in [1.165, 1.54) is 7.11 Å². The maximum absolute atomic E-state index is 13.2. The van der Waals surface area contributed by atoms with Gasteiger partial charge in [0.1, 0.15) is 6.17 Å². The van der Waals surface area contributed by atoms with E-state index < -0.39 is 12.1 Å². The summed E-state index contributed by atoms with van der Waals surface area (Å²) < 4.78 is 17.8. The summed E-state index contributed by atoms with van der Waals surface area (Å²) in [5.74, 6) is -0.887. The number of rotatable bonds is 1. The van der Waals surface area contributed by atoms with Crippen LogP contribution >= 0.6 is 0 Å². The molecule has 0 spiro atoms. The molecule has 2 atom stereocenters. The Balaban J connectivity index is 2.52. The van der Waals surface area contributed by atoms with Gasteiger partial charge >= 0.3 is 5.97 Å². The van der Waals surface area contributed by atoms with Crippen LogP contribution in [-0.2, 0) is 9.53 Å². The van der Waals surface area contributed by atoms with E-state index in [0.29, 0.717) is 12.8 Å². The quantitative estimate of drug-likeness (QED) is 0.449. The van der Waals surface area contributed by atoms with Crippen LogP contribution in [0.4, 0.5) is 4.39 Å². The first kappa shape index (κ1) is 9.49. The normalized spacial score (nSPS) is 30.8. The first-order valence-corrected chi connectivity index (χ1v) is 4.47. The largest absolute Gasteiger partial charge is 0.469 e. The summed E-state index contributed by atoms with van der Waals surface area (Å²) in [4.78, 5) is 11.1. The minimum atomic E-state index is -0.986. The van der Waals surface area contributed by atoms with Crippen molar-refractivity contribution in [1.82, 2.24) is 0 Å². The maximum Gasteiger partial charge on any atom is 0.311 e. The Hall–Kier alpha value is -0.600. The topological polar surface area (TPSA) is 26.3 Å². The van der Waals surface area contributed by atoms with Crippen LogP contribution in [-0.4, -0.2) is 19.3 Å². The summed E-state index contributed by atoms with van der Waals surface area (Å²) in [7, 11) is 1.32. The Morgan fingerprint density at radius 2 is 2.00 bits per heavy atom. The molecule has 0 bridgehead atoms. The number of hydrogen-bond acceptors (Lipinski definition) is 2. The van der Waals surface area contributed by atoms with Gasteiger partial charge < -0.3 is 4.74 Å². The van der Waals surface area contributed by atoms with Gasteiger partial charge in [-0.15, -0.1) is 0 Å². The lowest BCUT2D eigenvalue weighted by molar-refractivity contribution is -0.148. The van der Waals surface area contributed by atoms with E-state index in [1.54, 1.807) is 0 Å². The lowest BCUT2D eigenvalue weighted by atomic mass is 9.99. The van der Waals surface area contributed by atoms with Crippen molar-refractivity contribution < 1.29 is 13.9 Å². The lowest BCUT2D eigenvalue weighted by Gasteiger charge is -2.14. The molecule has 0 saturated heterocycles. The van der Waals surface area contributed by atoms with E-state index in [-0.39, 0.29) is 5.97 Å². The Morgan fingerprint density at radius 1 is 1.33 bits per heavy atom. The van der Waals surface area contributed by atoms with Crippen LogP contribution in [0.15, 0.2) is 0 Å². The number of alkyl halides is 1. The van der Waals surface area contributed by atoms with Gasteiger partial charge in [0.25, 0.3) is 0 Å². The molecule has 0 aromatic rings. The summed E-state index contributed by atoms with van der Waals surface area (Å²) in [6.07, 6.45) is 3.05. The van der Waals surface area contributed by atoms with Crippen LogP contribution in [0, 0.1) is 5.92 Å². The average molecular weight is 174 g/mol. The fourth-order valence-electron chi connectivity index (χ4n) is 1.68. The standard InChI is InChI=1S/C9H15FO2/c1-12-9(11)7-5-3-2-4-6-8(7)10/h7-8H,2-6H2,1H3/t7-,8+/m0/s1. The molecule has 2 nitrogen and oxygen atoms in total. The van der Waals surface area contributed by atoms with Crippen molar-refractivity contribution >= 4 is 5.97 Å². The molecule has 12 heavy (non-hydrogen) atoms. The zero-order chi connectivity index (χ0) is 8.97. The van der Waals surface area contributed by atoms with Crippen molar-refractivity contribution in [2.45, 2.75) is 38.3 Å². The summed E-state index contributed by atoms with van der Waals surface area (Å²) >= 11 is 0. The highest BCUT2D eigenvalue weighted by Crippen LogP contribution is 2.26. The van der Waals surface area contributed by atoms with Gasteiger partial charge in [-0.05, 0) is 12.8 Å². The molecular weight excluding hydrogens is 159 g/mol. The number of carbonyl (C=O) groups excluding carboxylic acids is 1. The highest BCUT2D eigenvalue weighted by molar-refractivity contribution is 5.72. The molecule has 1 fully saturated rings. The minimum Gasteiger partial charge on any atom is -0.469 e. The van der Waals surface area contributed by atoms with Crippen LogP contribution in [0.3, 0.4) is 0 Å². The Morgan fingerprint density at radius 3 is 2.67 bits per heavy atom. The second-order valence-corrected chi connectivity index (χ2v) is 3.28. The number of hydrogen-bond donors (Lipinski definition) is 0. The predicted octanol–water partition coefficient (Wildman–Crippen LogP) is 2.08. The van der Waals surface area contributed by atoms with Gasteiger partial charge in [0.05, 0.1) is 13.0 Å². The van der Waals surface area contributed by atoms with Crippen LogP contribution in [0.2, 0.25) is 0 Å². The van der Waals surface area contributed by atoms with Crippen molar-refractivity contribution in [3.05, 3.63) is 0 Å². The van der Waals surface area contributed by atoms with Crippen LogP contribution < -0.4 is 0 Å². The lowest BCUT2D eigenvalue weighted by Crippen LogP contribution is -2.25. The number of methoxy groups -OCH3 is 1. The summed E-state index contributed by atoms with van der Waals surface area (Å²) in [5, 5.41) is 0. The van der Waals surface area contributed by atoms with Gasteiger partial charge in [-0.1, -0.05) is 19.3 Å². The summed E-state index contributed by atoms with van der Waals surface area (Å²) in [6.45, 7) is 0. The predicted molar refractivity (Wildman–Crippen MR) is 43.5 cm³/mol. The zero-order valence-corrected chi connectivity index (χ0v) is 7.38. The second-order valence-electron chi connectivity index (χ2n) is 3.28. The molecule has 0 radical (unpaired) electrons. The number of carbonyl (C=O) groups is 1. The van der Waals surface area contributed by atoms with Gasteiger partial charge in [-0.25, -0.2) is 4.39 Å². The van der Waals surface area contributed by atoms with Gasteiger partial charge in [0, 0.05) is 0 Å². The SMILES string of the molecule is COC(=O)[C@H]1CCCCC[C@H]1F. The first-order chi connectivity index (χ1) is 5.75. The fraction of sp³-hybridized carbons (Fsp3) is 0.889. The van der Waals surface area contributed by atoms with E-state index in [9.17, 15) is 9.18 Å². The highest BCUT2D eigenvalue weighted by Gasteiger charge is 2.30. The third-order valence-electron chi connectivity index (χ3n) is 2.44. The Bertz CT molecular complexity index is 159. The molecule has 1 aliphatic rings. The van der Waals surface area contributed by atoms with E-state index in [0.717, 1.165) is 19.3 Å². The summed E-state index contributed by atoms with van der Waals surface area (Å²) in [5.41, 5.74) is 0. The van der Waals surface area contributed by atoms with E-state index in [4.69, 9.17) is 0 Å². The molecule has 0 aromatic heterocycles. The Kier molecular flexibility index (Phi) is 3.50. The average Bonchev–Trinajstić information content (AvgIpc) is 2.28. The van der Waals surface area contributed by atoms with Gasteiger partial charge in [0.2, 0.25) is 0 Å². The summed E-state index contributed by atoms with van der Waals surface area (Å²) in [6, 6.07) is 0. The highest BCUT2D eigenvalue weighted by atomic mass is 19.1. The number of ether oxygens (including phenoxy) is 1. The van der Waals surface area contributed by atoms with Crippen LogP contribution in [0.5, 0.6) is 0 Å². The van der Waals surface area contributed by atoms with Crippen molar-refractivity contribution in [3.8, 4) is 0 Å². The Labute approximate surface area is 72.1 Å². The maximum atomic E-state index is 13.2. The van der Waals surface area contributed by atoms with Crippen LogP contribution in [0.1, 0.15) is 32.1 Å². The molecule has 1 rings (SSSR count). The molecule has 3 heteroatoms. The van der Waals surface area contributed by atoms with E-state index in [1.807, 2.05) is 0 Å². The van der Waals surface area contributed by atoms with Crippen LogP contribution in [0.25, 0.3) is 0 Å². The first-order valence-electron chi connectivity index (χ1n) is 4.47. The fourth-order valence-corrected chi connectivity index (χ4v) is 1.68. The van der Waals surface area contributed by atoms with Crippen molar-refractivity contribution in [3.63, 3.8) is 0 Å². The van der Waals surface area contributed by atoms with E-state index >= 15 is 0 Å². The second kappa shape index (κ2) is 4.43. The number of esters is 1. The van der Waals surface area contributed by atoms with E-state index in [2.05, 4.69) is 4.74 Å². The molecular formula is C9H15FO2. The molecule has 0 N–H and O–H groups in total. The van der Waals surface area contributed by atoms with Gasteiger partial charge in [0.15, 0.2) is 0 Å². The minimum absolute atomic E-state index is 0.385. The zero-order valence-electron chi connectivity index (χ0n) is 7.38. The monoisotopic (exact) mass is 174 g/mol. The van der Waals surface area contributed by atoms with Gasteiger partial charge in [-0.3, -0.25) is 4.79 Å². The molecule has 0 amide bonds. The molecule has 1 saturated carbocycles. The third-order valence-corrected chi connectivity index (χ3v) is 2.44. The molecule has 1 aliphatic carbocycles. The van der Waals surface area contributed by atoms with Crippen molar-refractivity contribution in [2.24, 2.45) is 5.92 Å². The smallest absolute Gasteiger partial charge is 0.311 e. The van der Waals surface area contributed by atoms with Gasteiger partial charge in [-0.2, -0.15) is 0 Å². The molecule has 0 aromatic carbocycles. The molecule has 70 valence electrons. The molecule has 0 aliphatic heterocycles. The van der Waals surface area contributed by atoms with Crippen molar-refractivity contribution in [1.29, 1.82) is 0 Å². The third kappa shape index (κ3) is 2.19.